The number of hydrogen-bond donors (Lipinski definition) is 4. The molecule has 0 aromatic rings. The summed E-state index contributed by atoms with van der Waals surface area (Å²) in [6, 6.07) is 2.25. The van der Waals surface area contributed by atoms with E-state index in [4.69, 9.17) is 0 Å². The highest BCUT2D eigenvalue weighted by Crippen LogP contribution is 2.28. The topological polar surface area (TPSA) is 92.2 Å². The van der Waals surface area contributed by atoms with Crippen molar-refractivity contribution in [1.29, 1.82) is 5.26 Å². The third-order valence-electron chi connectivity index (χ3n) is 4.94. The van der Waals surface area contributed by atoms with E-state index in [1.807, 2.05) is 6.07 Å². The summed E-state index contributed by atoms with van der Waals surface area (Å²) < 4.78 is 0. The first-order valence-corrected chi connectivity index (χ1v) is 9.58. The first-order valence-electron chi connectivity index (χ1n) is 9.58. The number of rotatable bonds is 6. The van der Waals surface area contributed by atoms with Gasteiger partial charge in [-0.05, 0) is 40.5 Å². The van der Waals surface area contributed by atoms with Crippen LogP contribution in [0.15, 0.2) is 11.8 Å². The summed E-state index contributed by atoms with van der Waals surface area (Å²) in [5, 5.41) is 22.4. The summed E-state index contributed by atoms with van der Waals surface area (Å²) in [5.41, 5.74) is 0.177. The van der Waals surface area contributed by atoms with Crippen molar-refractivity contribution in [2.75, 3.05) is 39.3 Å². The summed E-state index contributed by atoms with van der Waals surface area (Å²) >= 11 is 0. The Kier molecular flexibility index (Phi) is 7.04. The predicted octanol–water partition coefficient (Wildman–Crippen LogP) is 0.314. The molecule has 0 aromatic heterocycles. The molecular weight excluding hydrogens is 328 g/mol. The van der Waals surface area contributed by atoms with E-state index in [0.717, 1.165) is 45.6 Å². The number of piperidine rings is 1. The van der Waals surface area contributed by atoms with E-state index >= 15 is 0 Å². The summed E-state index contributed by atoms with van der Waals surface area (Å²) in [6.07, 6.45) is 3.47. The second-order valence-corrected chi connectivity index (χ2v) is 8.68. The molecule has 0 unspecified atom stereocenters. The van der Waals surface area contributed by atoms with Crippen LogP contribution in [0.25, 0.3) is 0 Å². The van der Waals surface area contributed by atoms with Crippen LogP contribution in [0.5, 0.6) is 0 Å². The third kappa shape index (κ3) is 6.60. The highest BCUT2D eigenvalue weighted by Gasteiger charge is 2.37. The lowest BCUT2D eigenvalue weighted by molar-refractivity contribution is -0.117. The monoisotopic (exact) mass is 362 g/mol. The molecule has 0 atom stereocenters. The zero-order valence-corrected chi connectivity index (χ0v) is 16.6. The molecule has 4 N–H and O–H groups in total. The number of piperazine rings is 1. The lowest BCUT2D eigenvalue weighted by Crippen LogP contribution is -2.61. The van der Waals surface area contributed by atoms with Crippen LogP contribution in [-0.2, 0) is 4.79 Å². The fraction of sp³-hybridized carbons (Fsp3) is 0.789. The van der Waals surface area contributed by atoms with Gasteiger partial charge in [0, 0.05) is 62.6 Å². The van der Waals surface area contributed by atoms with Crippen molar-refractivity contribution >= 4 is 5.91 Å². The maximum absolute atomic E-state index is 12.3. The SMILES string of the molecule is CC1(C)CC(N/C=C(/C#N)C(=O)NCCN2CCNCC2)CC(C)(C)N1. The van der Waals surface area contributed by atoms with Gasteiger partial charge in [-0.1, -0.05) is 0 Å². The van der Waals surface area contributed by atoms with Crippen molar-refractivity contribution in [3.8, 4) is 6.07 Å². The summed E-state index contributed by atoms with van der Waals surface area (Å²) in [6.45, 7) is 14.1. The molecule has 146 valence electrons. The number of nitrogens with zero attached hydrogens (tertiary/aromatic N) is 2. The highest BCUT2D eigenvalue weighted by molar-refractivity contribution is 5.97. The smallest absolute Gasteiger partial charge is 0.263 e. The molecule has 0 saturated carbocycles. The fourth-order valence-corrected chi connectivity index (χ4v) is 4.15. The van der Waals surface area contributed by atoms with E-state index < -0.39 is 0 Å². The number of amides is 1. The van der Waals surface area contributed by atoms with Gasteiger partial charge in [0.1, 0.15) is 11.6 Å². The van der Waals surface area contributed by atoms with E-state index in [1.165, 1.54) is 0 Å². The maximum atomic E-state index is 12.3. The van der Waals surface area contributed by atoms with Gasteiger partial charge in [-0.15, -0.1) is 0 Å². The molecule has 1 amide bonds. The van der Waals surface area contributed by atoms with Crippen LogP contribution in [0.4, 0.5) is 0 Å². The molecule has 0 radical (unpaired) electrons. The fourth-order valence-electron chi connectivity index (χ4n) is 4.15. The van der Waals surface area contributed by atoms with Crippen LogP contribution in [0.3, 0.4) is 0 Å². The van der Waals surface area contributed by atoms with Gasteiger partial charge in [0.25, 0.3) is 5.91 Å². The standard InChI is InChI=1S/C19H34N6O/c1-18(2)11-16(12-19(3,4)24-18)23-14-15(13-20)17(26)22-7-10-25-8-5-21-6-9-25/h14,16,21,23-24H,5-12H2,1-4H3,(H,22,26)/b15-14-. The van der Waals surface area contributed by atoms with Crippen molar-refractivity contribution in [2.45, 2.75) is 57.7 Å². The van der Waals surface area contributed by atoms with Crippen molar-refractivity contribution in [1.82, 2.24) is 26.2 Å². The average molecular weight is 363 g/mol. The zero-order chi connectivity index (χ0) is 19.2. The van der Waals surface area contributed by atoms with Gasteiger partial charge in [0.2, 0.25) is 0 Å². The largest absolute Gasteiger partial charge is 0.387 e. The number of carbonyl (C=O) groups excluding carboxylic acids is 1. The molecule has 26 heavy (non-hydrogen) atoms. The van der Waals surface area contributed by atoms with Crippen LogP contribution in [-0.4, -0.2) is 67.2 Å². The molecule has 2 aliphatic heterocycles. The minimum absolute atomic E-state index is 0.0195. The van der Waals surface area contributed by atoms with Crippen molar-refractivity contribution in [3.63, 3.8) is 0 Å². The molecule has 0 bridgehead atoms. The van der Waals surface area contributed by atoms with Crippen LogP contribution < -0.4 is 21.3 Å². The first kappa shape index (κ1) is 20.7. The van der Waals surface area contributed by atoms with Gasteiger partial charge in [-0.25, -0.2) is 0 Å². The average Bonchev–Trinajstić information content (AvgIpc) is 2.53. The van der Waals surface area contributed by atoms with E-state index in [9.17, 15) is 10.1 Å². The van der Waals surface area contributed by atoms with Crippen LogP contribution >= 0.6 is 0 Å². The molecule has 2 aliphatic rings. The molecular formula is C19H34N6O. The van der Waals surface area contributed by atoms with Gasteiger partial charge in [0.05, 0.1) is 0 Å². The summed E-state index contributed by atoms with van der Waals surface area (Å²) in [4.78, 5) is 14.6. The van der Waals surface area contributed by atoms with Crippen molar-refractivity contribution in [3.05, 3.63) is 11.8 Å². The van der Waals surface area contributed by atoms with E-state index in [1.54, 1.807) is 6.20 Å². The molecule has 0 aliphatic carbocycles. The highest BCUT2D eigenvalue weighted by atomic mass is 16.1. The van der Waals surface area contributed by atoms with Gasteiger partial charge in [-0.2, -0.15) is 5.26 Å². The molecule has 7 heteroatoms. The van der Waals surface area contributed by atoms with Gasteiger partial charge in [-0.3, -0.25) is 9.69 Å². The zero-order valence-electron chi connectivity index (χ0n) is 16.6. The van der Waals surface area contributed by atoms with Crippen LogP contribution in [0, 0.1) is 11.3 Å². The molecule has 2 saturated heterocycles. The van der Waals surface area contributed by atoms with Crippen LogP contribution in [0.2, 0.25) is 0 Å². The van der Waals surface area contributed by atoms with Crippen molar-refractivity contribution in [2.24, 2.45) is 0 Å². The Morgan fingerprint density at radius 3 is 2.42 bits per heavy atom. The van der Waals surface area contributed by atoms with Crippen molar-refractivity contribution < 1.29 is 4.79 Å². The quantitative estimate of drug-likeness (QED) is 0.402. The Hall–Kier alpha value is -1.62. The lowest BCUT2D eigenvalue weighted by Gasteiger charge is -2.46. The van der Waals surface area contributed by atoms with Gasteiger partial charge in [0.15, 0.2) is 0 Å². The van der Waals surface area contributed by atoms with E-state index in [0.29, 0.717) is 6.54 Å². The Bertz CT molecular complexity index is 541. The molecule has 7 nitrogen and oxygen atoms in total. The minimum atomic E-state index is -0.303. The van der Waals surface area contributed by atoms with E-state index in [-0.39, 0.29) is 28.6 Å². The Labute approximate surface area is 157 Å². The number of hydrogen-bond acceptors (Lipinski definition) is 6. The Morgan fingerprint density at radius 2 is 1.85 bits per heavy atom. The first-order chi connectivity index (χ1) is 12.2. The molecule has 2 rings (SSSR count). The lowest BCUT2D eigenvalue weighted by atomic mass is 9.80. The minimum Gasteiger partial charge on any atom is -0.387 e. The summed E-state index contributed by atoms with van der Waals surface area (Å²) in [7, 11) is 0. The van der Waals surface area contributed by atoms with E-state index in [2.05, 4.69) is 53.9 Å². The third-order valence-corrected chi connectivity index (χ3v) is 4.94. The second kappa shape index (κ2) is 8.85. The number of nitriles is 1. The molecule has 2 heterocycles. The normalized spacial score (nSPS) is 23.9. The maximum Gasteiger partial charge on any atom is 0.263 e. The Morgan fingerprint density at radius 1 is 1.23 bits per heavy atom. The number of carbonyl (C=O) groups is 1. The molecule has 0 aromatic carbocycles. The van der Waals surface area contributed by atoms with Gasteiger partial charge < -0.3 is 21.3 Å². The number of nitrogens with one attached hydrogen (secondary N) is 4. The molecule has 0 spiro atoms. The second-order valence-electron chi connectivity index (χ2n) is 8.68. The van der Waals surface area contributed by atoms with Crippen LogP contribution in [0.1, 0.15) is 40.5 Å². The summed E-state index contributed by atoms with van der Waals surface area (Å²) in [5.74, 6) is -0.303. The molecule has 2 fully saturated rings. The van der Waals surface area contributed by atoms with Gasteiger partial charge >= 0.3 is 0 Å². The predicted molar refractivity (Wildman–Crippen MR) is 103 cm³/mol. The Balaban J connectivity index is 1.82.